The van der Waals surface area contributed by atoms with Crippen molar-refractivity contribution in [2.75, 3.05) is 26.2 Å². The highest BCUT2D eigenvalue weighted by atomic mass is 127. The number of likely N-dealkylation sites (tertiary alicyclic amines) is 1. The second kappa shape index (κ2) is 9.04. The molecule has 1 saturated heterocycles. The number of halogens is 1. The van der Waals surface area contributed by atoms with Crippen molar-refractivity contribution in [1.82, 2.24) is 10.2 Å². The zero-order valence-corrected chi connectivity index (χ0v) is 12.7. The fourth-order valence-electron chi connectivity index (χ4n) is 2.04. The molecule has 0 unspecified atom stereocenters. The topological polar surface area (TPSA) is 53.6 Å². The van der Waals surface area contributed by atoms with E-state index in [2.05, 4.69) is 22.1 Å². The minimum absolute atomic E-state index is 0. The van der Waals surface area contributed by atoms with Gasteiger partial charge in [0.2, 0.25) is 0 Å². The molecule has 0 atom stereocenters. The van der Waals surface area contributed by atoms with Gasteiger partial charge in [-0.2, -0.15) is 0 Å². The van der Waals surface area contributed by atoms with Crippen LogP contribution in [0.15, 0.2) is 4.99 Å². The third-order valence-corrected chi connectivity index (χ3v) is 2.81. The van der Waals surface area contributed by atoms with Crippen molar-refractivity contribution in [3.63, 3.8) is 0 Å². The first-order chi connectivity index (χ1) is 7.26. The van der Waals surface area contributed by atoms with Gasteiger partial charge < -0.3 is 16.0 Å². The number of rotatable bonds is 4. The molecular weight excluding hydrogens is 315 g/mol. The summed E-state index contributed by atoms with van der Waals surface area (Å²) >= 11 is 0. The molecule has 0 aromatic rings. The summed E-state index contributed by atoms with van der Waals surface area (Å²) in [4.78, 5) is 6.66. The van der Waals surface area contributed by atoms with Crippen LogP contribution in [0.4, 0.5) is 0 Å². The molecule has 1 aliphatic heterocycles. The summed E-state index contributed by atoms with van der Waals surface area (Å²) in [6.07, 6.45) is 3.61. The second-order valence-corrected chi connectivity index (χ2v) is 4.12. The maximum absolute atomic E-state index is 5.73. The molecular formula is C11H25IN4. The number of nitrogens with zero attached hydrogens (tertiary/aromatic N) is 2. The molecule has 0 aliphatic carbocycles. The summed E-state index contributed by atoms with van der Waals surface area (Å²) in [5.74, 6) is 0.603. The average Bonchev–Trinajstić information content (AvgIpc) is 2.22. The van der Waals surface area contributed by atoms with Crippen LogP contribution in [0.25, 0.3) is 0 Å². The van der Waals surface area contributed by atoms with Gasteiger partial charge in [-0.25, -0.2) is 0 Å². The Hall–Kier alpha value is -0.0400. The van der Waals surface area contributed by atoms with E-state index in [9.17, 15) is 0 Å². The highest BCUT2D eigenvalue weighted by Gasteiger charge is 2.18. The van der Waals surface area contributed by atoms with E-state index in [1.807, 2.05) is 6.92 Å². The number of nitrogens with one attached hydrogen (secondary N) is 1. The average molecular weight is 340 g/mol. The lowest BCUT2D eigenvalue weighted by Gasteiger charge is -2.32. The number of guanidine groups is 1. The molecule has 0 saturated carbocycles. The van der Waals surface area contributed by atoms with Crippen molar-refractivity contribution in [3.8, 4) is 0 Å². The lowest BCUT2D eigenvalue weighted by molar-refractivity contribution is 0.206. The maximum Gasteiger partial charge on any atom is 0.188 e. The van der Waals surface area contributed by atoms with E-state index in [4.69, 9.17) is 5.73 Å². The lowest BCUT2D eigenvalue weighted by atomic mass is 10.1. The van der Waals surface area contributed by atoms with Crippen LogP contribution >= 0.6 is 24.0 Å². The Morgan fingerprint density at radius 3 is 2.50 bits per heavy atom. The summed E-state index contributed by atoms with van der Waals surface area (Å²) < 4.78 is 0. The minimum atomic E-state index is 0. The monoisotopic (exact) mass is 340 g/mol. The fourth-order valence-corrected chi connectivity index (χ4v) is 2.04. The van der Waals surface area contributed by atoms with Crippen molar-refractivity contribution < 1.29 is 0 Å². The molecule has 0 aromatic carbocycles. The van der Waals surface area contributed by atoms with Gasteiger partial charge in [-0.3, -0.25) is 4.99 Å². The molecule has 1 heterocycles. The number of piperidine rings is 1. The van der Waals surface area contributed by atoms with Crippen LogP contribution in [-0.2, 0) is 0 Å². The Morgan fingerprint density at radius 2 is 2.00 bits per heavy atom. The van der Waals surface area contributed by atoms with E-state index in [1.165, 1.54) is 38.9 Å². The molecule has 4 nitrogen and oxygen atoms in total. The normalized spacial score (nSPS) is 19.2. The van der Waals surface area contributed by atoms with E-state index < -0.39 is 0 Å². The Balaban J connectivity index is 0.00000225. The predicted octanol–water partition coefficient (Wildman–Crippen LogP) is 1.40. The molecule has 1 aliphatic rings. The summed E-state index contributed by atoms with van der Waals surface area (Å²) in [5, 5.41) is 3.28. The molecule has 96 valence electrons. The Labute approximate surface area is 116 Å². The van der Waals surface area contributed by atoms with Crippen molar-refractivity contribution in [3.05, 3.63) is 0 Å². The quantitative estimate of drug-likeness (QED) is 0.462. The molecule has 5 heteroatoms. The number of aliphatic imine (C=N–C) groups is 1. The van der Waals surface area contributed by atoms with Gasteiger partial charge >= 0.3 is 0 Å². The van der Waals surface area contributed by atoms with Crippen LogP contribution in [0.5, 0.6) is 0 Å². The third-order valence-electron chi connectivity index (χ3n) is 2.81. The third kappa shape index (κ3) is 5.89. The first-order valence-corrected chi connectivity index (χ1v) is 6.05. The Bertz CT molecular complexity index is 200. The summed E-state index contributed by atoms with van der Waals surface area (Å²) in [5.41, 5.74) is 5.73. The SMILES string of the molecule is CCCN1CCC(NC(N)=NCC)CC1.I. The molecule has 16 heavy (non-hydrogen) atoms. The van der Waals surface area contributed by atoms with E-state index in [0.29, 0.717) is 12.0 Å². The molecule has 0 aromatic heterocycles. The second-order valence-electron chi connectivity index (χ2n) is 4.12. The van der Waals surface area contributed by atoms with Crippen molar-refractivity contribution >= 4 is 29.9 Å². The van der Waals surface area contributed by atoms with Crippen LogP contribution in [0.1, 0.15) is 33.1 Å². The van der Waals surface area contributed by atoms with Crippen LogP contribution in [0, 0.1) is 0 Å². The van der Waals surface area contributed by atoms with Gasteiger partial charge in [0.15, 0.2) is 5.96 Å². The molecule has 0 amide bonds. The Morgan fingerprint density at radius 1 is 1.38 bits per heavy atom. The van der Waals surface area contributed by atoms with Crippen molar-refractivity contribution in [2.24, 2.45) is 10.7 Å². The fraction of sp³-hybridized carbons (Fsp3) is 0.909. The van der Waals surface area contributed by atoms with Crippen molar-refractivity contribution in [2.45, 2.75) is 39.2 Å². The van der Waals surface area contributed by atoms with E-state index in [1.54, 1.807) is 0 Å². The summed E-state index contributed by atoms with van der Waals surface area (Å²) in [6.45, 7) is 8.59. The molecule has 0 spiro atoms. The van der Waals surface area contributed by atoms with Gasteiger partial charge in [0.25, 0.3) is 0 Å². The first kappa shape index (κ1) is 16.0. The smallest absolute Gasteiger partial charge is 0.188 e. The highest BCUT2D eigenvalue weighted by Crippen LogP contribution is 2.10. The predicted molar refractivity (Wildman–Crippen MR) is 80.5 cm³/mol. The van der Waals surface area contributed by atoms with Gasteiger partial charge in [-0.05, 0) is 32.7 Å². The van der Waals surface area contributed by atoms with E-state index >= 15 is 0 Å². The van der Waals surface area contributed by atoms with E-state index in [0.717, 1.165) is 6.54 Å². The van der Waals surface area contributed by atoms with Gasteiger partial charge in [-0.15, -0.1) is 24.0 Å². The largest absolute Gasteiger partial charge is 0.370 e. The minimum Gasteiger partial charge on any atom is -0.370 e. The highest BCUT2D eigenvalue weighted by molar-refractivity contribution is 14.0. The maximum atomic E-state index is 5.73. The molecule has 0 radical (unpaired) electrons. The summed E-state index contributed by atoms with van der Waals surface area (Å²) in [6, 6.07) is 0.522. The number of hydrogen-bond acceptors (Lipinski definition) is 2. The van der Waals surface area contributed by atoms with Crippen LogP contribution < -0.4 is 11.1 Å². The van der Waals surface area contributed by atoms with Crippen LogP contribution in [0.2, 0.25) is 0 Å². The van der Waals surface area contributed by atoms with Crippen LogP contribution in [-0.4, -0.2) is 43.1 Å². The van der Waals surface area contributed by atoms with Gasteiger partial charge in [0.05, 0.1) is 0 Å². The standard InChI is InChI=1S/C11H24N4.HI/c1-3-7-15-8-5-10(6-9-15)14-11(12)13-4-2;/h10H,3-9H2,1-2H3,(H3,12,13,14);1H. The molecule has 3 N–H and O–H groups in total. The lowest BCUT2D eigenvalue weighted by Crippen LogP contribution is -2.47. The van der Waals surface area contributed by atoms with E-state index in [-0.39, 0.29) is 24.0 Å². The zero-order valence-electron chi connectivity index (χ0n) is 10.4. The first-order valence-electron chi connectivity index (χ1n) is 6.05. The number of nitrogens with two attached hydrogens (primary N) is 1. The van der Waals surface area contributed by atoms with Gasteiger partial charge in [0, 0.05) is 25.7 Å². The molecule has 1 fully saturated rings. The van der Waals surface area contributed by atoms with Gasteiger partial charge in [0.1, 0.15) is 0 Å². The van der Waals surface area contributed by atoms with Crippen molar-refractivity contribution in [1.29, 1.82) is 0 Å². The zero-order chi connectivity index (χ0) is 11.1. The molecule has 0 bridgehead atoms. The van der Waals surface area contributed by atoms with Gasteiger partial charge in [-0.1, -0.05) is 6.92 Å². The molecule has 1 rings (SSSR count). The van der Waals surface area contributed by atoms with Crippen LogP contribution in [0.3, 0.4) is 0 Å². The number of hydrogen-bond donors (Lipinski definition) is 2. The summed E-state index contributed by atoms with van der Waals surface area (Å²) in [7, 11) is 0. The Kier molecular flexibility index (Phi) is 9.02.